The van der Waals surface area contributed by atoms with Gasteiger partial charge in [0.1, 0.15) is 0 Å². The smallest absolute Gasteiger partial charge is 0.328 e. The molecule has 1 aliphatic heterocycles. The Morgan fingerprint density at radius 1 is 1.29 bits per heavy atom. The van der Waals surface area contributed by atoms with Gasteiger partial charge in [-0.3, -0.25) is 4.79 Å². The van der Waals surface area contributed by atoms with Gasteiger partial charge in [0.2, 0.25) is 0 Å². The highest BCUT2D eigenvalue weighted by molar-refractivity contribution is 6.64. The quantitative estimate of drug-likeness (QED) is 0.628. The summed E-state index contributed by atoms with van der Waals surface area (Å²) in [7, 11) is 3.00. The number of halogens is 2. The number of urea groups is 1. The molecule has 0 bridgehead atoms. The summed E-state index contributed by atoms with van der Waals surface area (Å²) in [6.45, 7) is 0.937. The van der Waals surface area contributed by atoms with E-state index in [2.05, 4.69) is 0 Å². The van der Waals surface area contributed by atoms with E-state index < -0.39 is 11.4 Å². The Morgan fingerprint density at radius 3 is 2.52 bits per heavy atom. The number of carbonyl (C=O) groups excluding carboxylic acids is 2. The van der Waals surface area contributed by atoms with E-state index in [-0.39, 0.29) is 13.1 Å². The van der Waals surface area contributed by atoms with Crippen molar-refractivity contribution in [2.45, 2.75) is 6.54 Å². The van der Waals surface area contributed by atoms with Crippen molar-refractivity contribution in [3.63, 3.8) is 0 Å². The highest BCUT2D eigenvalue weighted by atomic mass is 35.5. The Hall–Kier alpha value is -1.66. The minimum Gasteiger partial charge on any atom is -0.493 e. The Balaban J connectivity index is 2.21. The topological polar surface area (TPSA) is 59.1 Å². The third-order valence-electron chi connectivity index (χ3n) is 3.23. The second-order valence-electron chi connectivity index (χ2n) is 4.38. The summed E-state index contributed by atoms with van der Waals surface area (Å²) in [5.74, 6) is 0.921. The molecule has 0 radical (unpaired) electrons. The molecule has 21 heavy (non-hydrogen) atoms. The molecule has 0 atom stereocenters. The van der Waals surface area contributed by atoms with Crippen molar-refractivity contribution in [2.75, 3.05) is 27.3 Å². The number of imide groups is 1. The van der Waals surface area contributed by atoms with Gasteiger partial charge in [0.15, 0.2) is 11.5 Å². The van der Waals surface area contributed by atoms with Crippen LogP contribution in [0.3, 0.4) is 0 Å². The maximum absolute atomic E-state index is 12.0. The van der Waals surface area contributed by atoms with Crippen LogP contribution < -0.4 is 9.47 Å². The van der Waals surface area contributed by atoms with Gasteiger partial charge in [0.25, 0.3) is 0 Å². The van der Waals surface area contributed by atoms with Crippen LogP contribution in [0.2, 0.25) is 5.02 Å². The van der Waals surface area contributed by atoms with Crippen molar-refractivity contribution in [1.82, 2.24) is 9.80 Å². The van der Waals surface area contributed by atoms with E-state index in [1.165, 1.54) is 19.1 Å². The fraction of sp³-hybridized carbons (Fsp3) is 0.385. The van der Waals surface area contributed by atoms with Gasteiger partial charge in [-0.2, -0.15) is 0 Å². The minimum absolute atomic E-state index is 0.263. The summed E-state index contributed by atoms with van der Waals surface area (Å²) in [5.41, 5.74) is 0.700. The highest BCUT2D eigenvalue weighted by Gasteiger charge is 2.32. The largest absolute Gasteiger partial charge is 0.493 e. The molecule has 1 heterocycles. The summed E-state index contributed by atoms with van der Waals surface area (Å²) < 4.78 is 10.4. The van der Waals surface area contributed by atoms with Crippen molar-refractivity contribution in [1.29, 1.82) is 0 Å². The molecule has 0 unspecified atom stereocenters. The molecule has 114 valence electrons. The first-order valence-corrected chi connectivity index (χ1v) is 6.90. The first-order valence-electron chi connectivity index (χ1n) is 6.14. The molecule has 0 aliphatic carbocycles. The molecular weight excluding hydrogens is 319 g/mol. The zero-order valence-electron chi connectivity index (χ0n) is 11.6. The fourth-order valence-electron chi connectivity index (χ4n) is 2.15. The lowest BCUT2D eigenvalue weighted by Gasteiger charge is -2.18. The van der Waals surface area contributed by atoms with Gasteiger partial charge in [-0.15, -0.1) is 0 Å². The number of carbonyl (C=O) groups is 2. The number of benzene rings is 1. The molecule has 0 spiro atoms. The van der Waals surface area contributed by atoms with Crippen molar-refractivity contribution in [2.24, 2.45) is 0 Å². The Morgan fingerprint density at radius 2 is 2.00 bits per heavy atom. The van der Waals surface area contributed by atoms with E-state index in [1.54, 1.807) is 12.1 Å². The van der Waals surface area contributed by atoms with Crippen LogP contribution >= 0.6 is 23.2 Å². The fourth-order valence-corrected chi connectivity index (χ4v) is 2.60. The normalized spacial score (nSPS) is 14.6. The monoisotopic (exact) mass is 332 g/mol. The van der Waals surface area contributed by atoms with Gasteiger partial charge >= 0.3 is 11.4 Å². The minimum atomic E-state index is -0.777. The number of hydrogen-bond acceptors (Lipinski definition) is 4. The molecule has 1 aliphatic rings. The van der Waals surface area contributed by atoms with E-state index >= 15 is 0 Å². The Labute approximate surface area is 132 Å². The molecule has 0 saturated carbocycles. The summed E-state index contributed by atoms with van der Waals surface area (Å²) >= 11 is 11.6. The molecule has 1 saturated heterocycles. The molecule has 1 aromatic rings. The number of methoxy groups -OCH3 is 2. The van der Waals surface area contributed by atoms with Crippen LogP contribution in [0.25, 0.3) is 0 Å². The van der Waals surface area contributed by atoms with Gasteiger partial charge in [-0.25, -0.2) is 9.69 Å². The molecule has 0 N–H and O–H groups in total. The first kappa shape index (κ1) is 15.7. The molecule has 1 fully saturated rings. The number of amides is 3. The highest BCUT2D eigenvalue weighted by Crippen LogP contribution is 2.38. The Bertz CT molecular complexity index is 580. The number of ether oxygens (including phenoxy) is 2. The van der Waals surface area contributed by atoms with Crippen LogP contribution in [-0.2, 0) is 6.54 Å². The van der Waals surface area contributed by atoms with Crippen molar-refractivity contribution < 1.29 is 19.1 Å². The SMILES string of the molecule is COc1ccc(CN2CCN(C(=O)Cl)C2=O)c(Cl)c1OC. The van der Waals surface area contributed by atoms with Gasteiger partial charge in [0, 0.05) is 19.6 Å². The second-order valence-corrected chi connectivity index (χ2v) is 5.08. The Kier molecular flexibility index (Phi) is 4.80. The second kappa shape index (κ2) is 6.41. The van der Waals surface area contributed by atoms with Gasteiger partial charge < -0.3 is 14.4 Å². The molecular formula is C13H14Cl2N2O4. The number of hydrogen-bond donors (Lipinski definition) is 0. The summed E-state index contributed by atoms with van der Waals surface area (Å²) in [4.78, 5) is 25.6. The molecule has 3 amide bonds. The average molecular weight is 333 g/mol. The third-order valence-corrected chi connectivity index (χ3v) is 3.85. The predicted molar refractivity (Wildman–Crippen MR) is 78.3 cm³/mol. The average Bonchev–Trinajstić information content (AvgIpc) is 2.82. The lowest BCUT2D eigenvalue weighted by molar-refractivity contribution is 0.192. The van der Waals surface area contributed by atoms with Gasteiger partial charge in [-0.1, -0.05) is 17.7 Å². The van der Waals surface area contributed by atoms with Gasteiger partial charge in [0.05, 0.1) is 19.2 Å². The van der Waals surface area contributed by atoms with Crippen LogP contribution in [0.5, 0.6) is 11.5 Å². The molecule has 2 rings (SSSR count). The summed E-state index contributed by atoms with van der Waals surface area (Å²) in [6, 6.07) is 3.04. The lowest BCUT2D eigenvalue weighted by atomic mass is 10.2. The third kappa shape index (κ3) is 3.01. The van der Waals surface area contributed by atoms with Crippen LogP contribution in [0.1, 0.15) is 5.56 Å². The van der Waals surface area contributed by atoms with Crippen LogP contribution in [-0.4, -0.2) is 48.5 Å². The molecule has 6 nitrogen and oxygen atoms in total. The first-order chi connectivity index (χ1) is 9.99. The number of nitrogens with zero attached hydrogens (tertiary/aromatic N) is 2. The zero-order valence-corrected chi connectivity index (χ0v) is 13.1. The van der Waals surface area contributed by atoms with Crippen LogP contribution in [0.15, 0.2) is 12.1 Å². The van der Waals surface area contributed by atoms with Gasteiger partial charge in [-0.05, 0) is 23.2 Å². The predicted octanol–water partition coefficient (Wildman–Crippen LogP) is 2.95. The van der Waals surface area contributed by atoms with Crippen LogP contribution in [0.4, 0.5) is 9.59 Å². The molecule has 0 aromatic heterocycles. The van der Waals surface area contributed by atoms with E-state index in [4.69, 9.17) is 32.7 Å². The standard InChI is InChI=1S/C13H14Cl2N2O4/c1-20-9-4-3-8(10(14)11(9)21-2)7-16-5-6-17(12(15)18)13(16)19/h3-4H,5-7H2,1-2H3. The summed E-state index contributed by atoms with van der Waals surface area (Å²) in [6.07, 6.45) is 0. The van der Waals surface area contributed by atoms with E-state index in [0.29, 0.717) is 28.6 Å². The molecule has 8 heteroatoms. The van der Waals surface area contributed by atoms with Crippen molar-refractivity contribution >= 4 is 34.6 Å². The molecule has 1 aromatic carbocycles. The van der Waals surface area contributed by atoms with E-state index in [1.807, 2.05) is 0 Å². The number of rotatable bonds is 4. The van der Waals surface area contributed by atoms with Crippen molar-refractivity contribution in [3.8, 4) is 11.5 Å². The van der Waals surface area contributed by atoms with E-state index in [9.17, 15) is 9.59 Å². The lowest BCUT2D eigenvalue weighted by Crippen LogP contribution is -2.33. The summed E-state index contributed by atoms with van der Waals surface area (Å²) in [5, 5.41) is -0.402. The zero-order chi connectivity index (χ0) is 15.6. The van der Waals surface area contributed by atoms with Crippen molar-refractivity contribution in [3.05, 3.63) is 22.7 Å². The van der Waals surface area contributed by atoms with E-state index in [0.717, 1.165) is 4.90 Å². The maximum Gasteiger partial charge on any atom is 0.328 e. The van der Waals surface area contributed by atoms with Crippen LogP contribution in [0, 0.1) is 0 Å². The maximum atomic E-state index is 12.0.